The van der Waals surface area contributed by atoms with Crippen LogP contribution in [-0.2, 0) is 20.7 Å². The topological polar surface area (TPSA) is 44.8 Å². The highest BCUT2D eigenvalue weighted by Gasteiger charge is 2.54. The van der Waals surface area contributed by atoms with Crippen molar-refractivity contribution in [3.05, 3.63) is 29.3 Å². The molecule has 1 aromatic carbocycles. The maximum Gasteiger partial charge on any atom is 0.303 e. The Morgan fingerprint density at radius 2 is 2.12 bits per heavy atom. The Hall–Kier alpha value is -1.55. The van der Waals surface area contributed by atoms with Gasteiger partial charge in [0.15, 0.2) is 0 Å². The number of fused-ring (bicyclic) bond motifs is 5. The van der Waals surface area contributed by atoms with E-state index >= 15 is 0 Å². The number of benzene rings is 1. The molecule has 1 saturated heterocycles. The Morgan fingerprint density at radius 3 is 2.88 bits per heavy atom. The molecule has 1 aliphatic heterocycles. The minimum atomic E-state index is -0.196. The van der Waals surface area contributed by atoms with Crippen molar-refractivity contribution in [1.29, 1.82) is 0 Å². The summed E-state index contributed by atoms with van der Waals surface area (Å²) in [6.07, 6.45) is 4.42. The van der Waals surface area contributed by atoms with Crippen molar-refractivity contribution in [3.8, 4) is 5.75 Å². The third-order valence-corrected chi connectivity index (χ3v) is 6.98. The van der Waals surface area contributed by atoms with Gasteiger partial charge in [0.05, 0.1) is 20.3 Å². The van der Waals surface area contributed by atoms with Crippen molar-refractivity contribution in [1.82, 2.24) is 0 Å². The summed E-state index contributed by atoms with van der Waals surface area (Å²) in [5.41, 5.74) is 2.97. The minimum Gasteiger partial charge on any atom is -0.497 e. The lowest BCUT2D eigenvalue weighted by molar-refractivity contribution is -0.195. The molecule has 2 aliphatic carbocycles. The maximum atomic E-state index is 11.5. The molecule has 1 saturated carbocycles. The van der Waals surface area contributed by atoms with Crippen LogP contribution in [0.1, 0.15) is 50.2 Å². The van der Waals surface area contributed by atoms with Gasteiger partial charge >= 0.3 is 5.97 Å². The summed E-state index contributed by atoms with van der Waals surface area (Å²) >= 11 is 0. The van der Waals surface area contributed by atoms with Gasteiger partial charge in [0.1, 0.15) is 11.9 Å². The van der Waals surface area contributed by atoms with Gasteiger partial charge in [-0.25, -0.2) is 0 Å². The van der Waals surface area contributed by atoms with E-state index in [0.29, 0.717) is 24.4 Å². The van der Waals surface area contributed by atoms with E-state index in [-0.39, 0.29) is 17.5 Å². The van der Waals surface area contributed by atoms with Crippen LogP contribution < -0.4 is 4.74 Å². The molecule has 0 radical (unpaired) electrons. The molecule has 0 aromatic heterocycles. The van der Waals surface area contributed by atoms with E-state index in [1.165, 1.54) is 24.5 Å². The Kier molecular flexibility index (Phi) is 4.27. The van der Waals surface area contributed by atoms with Crippen LogP contribution in [0, 0.1) is 17.3 Å². The van der Waals surface area contributed by atoms with Crippen molar-refractivity contribution in [2.24, 2.45) is 17.3 Å². The first-order valence-corrected chi connectivity index (χ1v) is 9.44. The van der Waals surface area contributed by atoms with E-state index in [1.807, 2.05) is 0 Å². The van der Waals surface area contributed by atoms with Crippen molar-refractivity contribution in [2.75, 3.05) is 20.3 Å². The van der Waals surface area contributed by atoms with Crippen LogP contribution in [0.3, 0.4) is 0 Å². The van der Waals surface area contributed by atoms with Crippen LogP contribution >= 0.6 is 0 Å². The van der Waals surface area contributed by atoms with Crippen LogP contribution in [0.25, 0.3) is 0 Å². The molecule has 0 amide bonds. The molecule has 1 aromatic rings. The number of hydrogen-bond donors (Lipinski definition) is 0. The molecular formula is C21H28O4. The van der Waals surface area contributed by atoms with Gasteiger partial charge in [0.25, 0.3) is 0 Å². The second kappa shape index (κ2) is 6.31. The summed E-state index contributed by atoms with van der Waals surface area (Å²) in [6.45, 7) is 5.15. The Balaban J connectivity index is 1.63. The molecule has 4 rings (SSSR count). The molecule has 0 N–H and O–H groups in total. The van der Waals surface area contributed by atoms with E-state index in [2.05, 4.69) is 25.1 Å². The van der Waals surface area contributed by atoms with Gasteiger partial charge in [-0.15, -0.1) is 0 Å². The van der Waals surface area contributed by atoms with Gasteiger partial charge < -0.3 is 14.2 Å². The van der Waals surface area contributed by atoms with Gasteiger partial charge in [-0.05, 0) is 66.7 Å². The first-order chi connectivity index (χ1) is 12.0. The summed E-state index contributed by atoms with van der Waals surface area (Å²) in [4.78, 5) is 11.5. The van der Waals surface area contributed by atoms with Crippen LogP contribution in [-0.4, -0.2) is 32.4 Å². The number of esters is 1. The zero-order chi connectivity index (χ0) is 17.6. The lowest BCUT2D eigenvalue weighted by Crippen LogP contribution is -2.56. The highest BCUT2D eigenvalue weighted by Crippen LogP contribution is 2.57. The smallest absolute Gasteiger partial charge is 0.303 e. The molecule has 0 spiro atoms. The zero-order valence-electron chi connectivity index (χ0n) is 15.4. The summed E-state index contributed by atoms with van der Waals surface area (Å²) in [6, 6.07) is 6.56. The van der Waals surface area contributed by atoms with E-state index < -0.39 is 0 Å². The normalized spacial score (nSPS) is 36.6. The number of hydrogen-bond acceptors (Lipinski definition) is 4. The summed E-state index contributed by atoms with van der Waals surface area (Å²) in [7, 11) is 1.73. The molecule has 5 atom stereocenters. The molecule has 0 unspecified atom stereocenters. The van der Waals surface area contributed by atoms with Crippen LogP contribution in [0.15, 0.2) is 18.2 Å². The molecule has 4 heteroatoms. The maximum absolute atomic E-state index is 11.5. The Morgan fingerprint density at radius 1 is 1.28 bits per heavy atom. The summed E-state index contributed by atoms with van der Waals surface area (Å²) < 4.78 is 17.0. The fourth-order valence-electron chi connectivity index (χ4n) is 5.61. The summed E-state index contributed by atoms with van der Waals surface area (Å²) in [5.74, 6) is 2.41. The van der Waals surface area contributed by atoms with Gasteiger partial charge in [-0.1, -0.05) is 13.0 Å². The number of carbonyl (C=O) groups excluding carboxylic acids is 1. The Bertz CT molecular complexity index is 670. The molecule has 0 bridgehead atoms. The number of methoxy groups -OCH3 is 1. The quantitative estimate of drug-likeness (QED) is 0.767. The number of rotatable bonds is 2. The monoisotopic (exact) mass is 344 g/mol. The van der Waals surface area contributed by atoms with E-state index in [9.17, 15) is 4.79 Å². The fraction of sp³-hybridized carbons (Fsp3) is 0.667. The molecule has 2 fully saturated rings. The van der Waals surface area contributed by atoms with Gasteiger partial charge in [0, 0.05) is 12.3 Å². The third-order valence-electron chi connectivity index (χ3n) is 6.98. The summed E-state index contributed by atoms with van der Waals surface area (Å²) in [5, 5.41) is 0. The van der Waals surface area contributed by atoms with E-state index in [1.54, 1.807) is 7.11 Å². The minimum absolute atomic E-state index is 0.0368. The lowest BCUT2D eigenvalue weighted by atomic mass is 9.52. The van der Waals surface area contributed by atoms with Crippen LogP contribution in [0.2, 0.25) is 0 Å². The molecule has 3 aliphatic rings. The van der Waals surface area contributed by atoms with Gasteiger partial charge in [0.2, 0.25) is 0 Å². The van der Waals surface area contributed by atoms with E-state index in [0.717, 1.165) is 31.6 Å². The van der Waals surface area contributed by atoms with E-state index in [4.69, 9.17) is 14.2 Å². The van der Waals surface area contributed by atoms with Crippen LogP contribution in [0.5, 0.6) is 5.75 Å². The van der Waals surface area contributed by atoms with Gasteiger partial charge in [-0.3, -0.25) is 4.79 Å². The standard InChI is InChI=1S/C21H28O4/c1-13(22)25-20-12-24-11-19-18-6-4-14-10-15(23-3)5-7-16(14)17(18)8-9-21(19,20)2/h5,7,10,17-20H,4,6,8-9,11-12H2,1-3H3/t17-,18+,19+,20+,21+/m1/s1. The van der Waals surface area contributed by atoms with Gasteiger partial charge in [-0.2, -0.15) is 0 Å². The molecular weight excluding hydrogens is 316 g/mol. The first-order valence-electron chi connectivity index (χ1n) is 9.44. The average Bonchev–Trinajstić information content (AvgIpc) is 2.61. The number of ether oxygens (including phenoxy) is 3. The zero-order valence-corrected chi connectivity index (χ0v) is 15.4. The van der Waals surface area contributed by atoms with Crippen molar-refractivity contribution in [2.45, 2.75) is 51.6 Å². The SMILES string of the molecule is COc1ccc2c(c1)CC[C@H]1[C@@H]2CC[C@]2(C)[C@@H](OC(C)=O)COC[C@@H]12. The van der Waals surface area contributed by atoms with Crippen molar-refractivity contribution >= 4 is 5.97 Å². The highest BCUT2D eigenvalue weighted by molar-refractivity contribution is 5.66. The fourth-order valence-corrected chi connectivity index (χ4v) is 5.61. The first kappa shape index (κ1) is 16.9. The van der Waals surface area contributed by atoms with Crippen LogP contribution in [0.4, 0.5) is 0 Å². The molecule has 4 nitrogen and oxygen atoms in total. The molecule has 1 heterocycles. The number of carbonyl (C=O) groups is 1. The average molecular weight is 344 g/mol. The van der Waals surface area contributed by atoms with Crippen molar-refractivity contribution < 1.29 is 19.0 Å². The third kappa shape index (κ3) is 2.75. The number of aryl methyl sites for hydroxylation is 1. The van der Waals surface area contributed by atoms with Crippen molar-refractivity contribution in [3.63, 3.8) is 0 Å². The predicted molar refractivity (Wildman–Crippen MR) is 94.8 cm³/mol. The predicted octanol–water partition coefficient (Wildman–Crippen LogP) is 3.72. The second-order valence-electron chi connectivity index (χ2n) is 8.16. The molecule has 136 valence electrons. The Labute approximate surface area is 149 Å². The lowest BCUT2D eigenvalue weighted by Gasteiger charge is -2.56. The second-order valence-corrected chi connectivity index (χ2v) is 8.16. The highest BCUT2D eigenvalue weighted by atomic mass is 16.6. The largest absolute Gasteiger partial charge is 0.497 e. The molecule has 25 heavy (non-hydrogen) atoms.